The molecule has 2 atom stereocenters. The van der Waals surface area contributed by atoms with E-state index in [2.05, 4.69) is 5.32 Å². The van der Waals surface area contributed by atoms with E-state index in [1.54, 1.807) is 6.92 Å². The van der Waals surface area contributed by atoms with Gasteiger partial charge in [-0.1, -0.05) is 0 Å². The van der Waals surface area contributed by atoms with Gasteiger partial charge in [0.05, 0.1) is 19.7 Å². The first-order valence-electron chi connectivity index (χ1n) is 4.68. The minimum atomic E-state index is -0.581. The molecule has 14 heavy (non-hydrogen) atoms. The first-order valence-corrected chi connectivity index (χ1v) is 4.68. The first-order chi connectivity index (χ1) is 6.67. The second kappa shape index (κ2) is 4.93. The van der Waals surface area contributed by atoms with Crippen molar-refractivity contribution >= 4 is 11.9 Å². The van der Waals surface area contributed by atoms with Gasteiger partial charge in [0.1, 0.15) is 0 Å². The fourth-order valence-corrected chi connectivity index (χ4v) is 1.54. The highest BCUT2D eigenvalue weighted by atomic mass is 19.1. The van der Waals surface area contributed by atoms with E-state index >= 15 is 0 Å². The maximum absolute atomic E-state index is 12.4. The second-order valence-corrected chi connectivity index (χ2v) is 3.30. The predicted octanol–water partition coefficient (Wildman–Crippen LogP) is 0.414. The molecule has 5 heteroatoms. The number of esters is 1. The standard InChI is InChI=1S/C9H14FNO3/c1-2-14-9(13)4-7-6(5-10)3-8(12)11-7/h6-7H,2-5H2,1H3,(H,11,12). The summed E-state index contributed by atoms with van der Waals surface area (Å²) in [5, 5.41) is 2.56. The van der Waals surface area contributed by atoms with Gasteiger partial charge in [-0.15, -0.1) is 0 Å². The summed E-state index contributed by atoms with van der Waals surface area (Å²) in [6.45, 7) is 1.43. The van der Waals surface area contributed by atoms with Gasteiger partial charge in [-0.2, -0.15) is 0 Å². The van der Waals surface area contributed by atoms with E-state index in [9.17, 15) is 14.0 Å². The number of alkyl halides is 1. The van der Waals surface area contributed by atoms with Crippen LogP contribution in [0.5, 0.6) is 0 Å². The lowest BCUT2D eigenvalue weighted by atomic mass is 10.00. The number of carbonyl (C=O) groups excluding carboxylic acids is 2. The van der Waals surface area contributed by atoms with Gasteiger partial charge >= 0.3 is 5.97 Å². The first kappa shape index (κ1) is 10.9. The predicted molar refractivity (Wildman–Crippen MR) is 47.3 cm³/mol. The van der Waals surface area contributed by atoms with Gasteiger partial charge in [-0.3, -0.25) is 14.0 Å². The van der Waals surface area contributed by atoms with Crippen LogP contribution in [0.15, 0.2) is 0 Å². The average Bonchev–Trinajstić information content (AvgIpc) is 2.46. The van der Waals surface area contributed by atoms with Crippen LogP contribution in [0.4, 0.5) is 4.39 Å². The molecule has 80 valence electrons. The number of rotatable bonds is 4. The average molecular weight is 203 g/mol. The van der Waals surface area contributed by atoms with E-state index in [0.29, 0.717) is 6.61 Å². The molecule has 1 saturated heterocycles. The SMILES string of the molecule is CCOC(=O)CC1NC(=O)CC1CF. The Kier molecular flexibility index (Phi) is 3.85. The van der Waals surface area contributed by atoms with E-state index < -0.39 is 18.7 Å². The monoisotopic (exact) mass is 203 g/mol. The van der Waals surface area contributed by atoms with Gasteiger partial charge in [0.15, 0.2) is 0 Å². The van der Waals surface area contributed by atoms with Gasteiger partial charge in [0, 0.05) is 18.4 Å². The summed E-state index contributed by atoms with van der Waals surface area (Å²) < 4.78 is 17.1. The fraction of sp³-hybridized carbons (Fsp3) is 0.778. The summed E-state index contributed by atoms with van der Waals surface area (Å²) >= 11 is 0. The highest BCUT2D eigenvalue weighted by Crippen LogP contribution is 2.19. The zero-order valence-corrected chi connectivity index (χ0v) is 8.09. The molecule has 1 aliphatic heterocycles. The van der Waals surface area contributed by atoms with E-state index in [1.807, 2.05) is 0 Å². The quantitative estimate of drug-likeness (QED) is 0.673. The van der Waals surface area contributed by atoms with Crippen LogP contribution in [0.25, 0.3) is 0 Å². The highest BCUT2D eigenvalue weighted by Gasteiger charge is 2.33. The van der Waals surface area contributed by atoms with Crippen molar-refractivity contribution in [2.45, 2.75) is 25.8 Å². The van der Waals surface area contributed by atoms with E-state index in [1.165, 1.54) is 0 Å². The lowest BCUT2D eigenvalue weighted by Gasteiger charge is -2.14. The lowest BCUT2D eigenvalue weighted by molar-refractivity contribution is -0.143. The molecule has 0 bridgehead atoms. The molecule has 1 heterocycles. The summed E-state index contributed by atoms with van der Waals surface area (Å²) in [6, 6.07) is -0.397. The maximum Gasteiger partial charge on any atom is 0.307 e. The van der Waals surface area contributed by atoms with Gasteiger partial charge < -0.3 is 10.1 Å². The molecule has 0 spiro atoms. The number of hydrogen-bond donors (Lipinski definition) is 1. The zero-order chi connectivity index (χ0) is 10.6. The Morgan fingerprint density at radius 3 is 3.00 bits per heavy atom. The Bertz CT molecular complexity index is 232. The van der Waals surface area contributed by atoms with Gasteiger partial charge in [0.2, 0.25) is 5.91 Å². The number of halogens is 1. The summed E-state index contributed by atoms with van der Waals surface area (Å²) in [4.78, 5) is 22.0. The van der Waals surface area contributed by atoms with E-state index in [4.69, 9.17) is 4.74 Å². The molecule has 0 aromatic rings. The summed E-state index contributed by atoms with van der Waals surface area (Å²) in [5.41, 5.74) is 0. The van der Waals surface area contributed by atoms with Crippen molar-refractivity contribution in [3.05, 3.63) is 0 Å². The van der Waals surface area contributed by atoms with Crippen molar-refractivity contribution in [1.82, 2.24) is 5.32 Å². The zero-order valence-electron chi connectivity index (χ0n) is 8.09. The molecule has 0 aromatic carbocycles. The molecular weight excluding hydrogens is 189 g/mol. The topological polar surface area (TPSA) is 55.4 Å². The molecule has 1 N–H and O–H groups in total. The minimum absolute atomic E-state index is 0.0637. The lowest BCUT2D eigenvalue weighted by Crippen LogP contribution is -2.32. The van der Waals surface area contributed by atoms with Crippen molar-refractivity contribution in [2.75, 3.05) is 13.3 Å². The Hall–Kier alpha value is -1.13. The summed E-state index contributed by atoms with van der Waals surface area (Å²) in [5.74, 6) is -0.966. The van der Waals surface area contributed by atoms with Gasteiger partial charge in [0.25, 0.3) is 0 Å². The highest BCUT2D eigenvalue weighted by molar-refractivity contribution is 5.80. The van der Waals surface area contributed by atoms with Crippen LogP contribution in [0.2, 0.25) is 0 Å². The molecule has 0 aliphatic carbocycles. The Morgan fingerprint density at radius 2 is 2.43 bits per heavy atom. The van der Waals surface area contributed by atoms with Gasteiger partial charge in [-0.05, 0) is 6.92 Å². The van der Waals surface area contributed by atoms with Crippen molar-refractivity contribution in [3.8, 4) is 0 Å². The maximum atomic E-state index is 12.4. The minimum Gasteiger partial charge on any atom is -0.466 e. The summed E-state index contributed by atoms with van der Waals surface area (Å²) in [7, 11) is 0. The van der Waals surface area contributed by atoms with Crippen LogP contribution in [0.1, 0.15) is 19.8 Å². The molecule has 0 saturated carbocycles. The van der Waals surface area contributed by atoms with Crippen LogP contribution in [0.3, 0.4) is 0 Å². The second-order valence-electron chi connectivity index (χ2n) is 3.30. The molecule has 1 amide bonds. The summed E-state index contributed by atoms with van der Waals surface area (Å²) in [6.07, 6.45) is 0.231. The molecule has 2 unspecified atom stereocenters. The van der Waals surface area contributed by atoms with Crippen molar-refractivity contribution < 1.29 is 18.7 Å². The van der Waals surface area contributed by atoms with Crippen LogP contribution >= 0.6 is 0 Å². The van der Waals surface area contributed by atoms with Crippen LogP contribution in [0, 0.1) is 5.92 Å². The third-order valence-electron chi connectivity index (χ3n) is 2.25. The molecule has 1 aliphatic rings. The Labute approximate surface area is 81.8 Å². The number of carbonyl (C=O) groups is 2. The van der Waals surface area contributed by atoms with Crippen molar-refractivity contribution in [2.24, 2.45) is 5.92 Å². The number of amides is 1. The molecule has 1 rings (SSSR count). The smallest absolute Gasteiger partial charge is 0.307 e. The van der Waals surface area contributed by atoms with Crippen LogP contribution < -0.4 is 5.32 Å². The Morgan fingerprint density at radius 1 is 1.71 bits per heavy atom. The molecule has 0 aromatic heterocycles. The third-order valence-corrected chi connectivity index (χ3v) is 2.25. The van der Waals surface area contributed by atoms with Crippen LogP contribution in [-0.2, 0) is 14.3 Å². The number of ether oxygens (including phenoxy) is 1. The van der Waals surface area contributed by atoms with Crippen LogP contribution in [-0.4, -0.2) is 31.2 Å². The number of hydrogen-bond acceptors (Lipinski definition) is 3. The fourth-order valence-electron chi connectivity index (χ4n) is 1.54. The largest absolute Gasteiger partial charge is 0.466 e. The molecule has 1 fully saturated rings. The van der Waals surface area contributed by atoms with Crippen molar-refractivity contribution in [3.63, 3.8) is 0 Å². The number of nitrogens with one attached hydrogen (secondary N) is 1. The molecular formula is C9H14FNO3. The van der Waals surface area contributed by atoms with E-state index in [0.717, 1.165) is 0 Å². The normalized spacial score (nSPS) is 26.0. The molecule has 0 radical (unpaired) electrons. The van der Waals surface area contributed by atoms with Crippen molar-refractivity contribution in [1.29, 1.82) is 0 Å². The Balaban J connectivity index is 2.43. The van der Waals surface area contributed by atoms with E-state index in [-0.39, 0.29) is 24.7 Å². The molecule has 4 nitrogen and oxygen atoms in total. The van der Waals surface area contributed by atoms with Gasteiger partial charge in [-0.25, -0.2) is 0 Å². The third kappa shape index (κ3) is 2.68.